The van der Waals surface area contributed by atoms with Gasteiger partial charge in [0.25, 0.3) is 0 Å². The second-order valence-corrected chi connectivity index (χ2v) is 5.51. The Balaban J connectivity index is 2.13. The molecule has 2 aromatic rings. The Morgan fingerprint density at radius 2 is 1.88 bits per heavy atom. The van der Waals surface area contributed by atoms with Gasteiger partial charge in [0, 0.05) is 19.2 Å². The van der Waals surface area contributed by atoms with Crippen LogP contribution in [0.15, 0.2) is 48.5 Å². The summed E-state index contributed by atoms with van der Waals surface area (Å²) in [6, 6.07) is 15.5. The SMILES string of the molecule is COc1ccc(NC(=S)N(CCO)Cc2ccccc2)c(OC)c1. The van der Waals surface area contributed by atoms with E-state index in [1.165, 1.54) is 0 Å². The summed E-state index contributed by atoms with van der Waals surface area (Å²) in [7, 11) is 3.20. The normalized spacial score (nSPS) is 10.1. The summed E-state index contributed by atoms with van der Waals surface area (Å²) in [6.45, 7) is 1.08. The number of hydrogen-bond donors (Lipinski definition) is 2. The molecule has 2 N–H and O–H groups in total. The first-order valence-corrected chi connectivity index (χ1v) is 8.01. The molecule has 0 atom stereocenters. The lowest BCUT2D eigenvalue weighted by molar-refractivity contribution is 0.248. The van der Waals surface area contributed by atoms with Crippen LogP contribution in [0.2, 0.25) is 0 Å². The Hall–Kier alpha value is -2.31. The molecule has 0 saturated heterocycles. The zero-order valence-corrected chi connectivity index (χ0v) is 14.7. The predicted octanol–water partition coefficient (Wildman–Crippen LogP) is 2.90. The van der Waals surface area contributed by atoms with Crippen LogP contribution in [0.1, 0.15) is 5.56 Å². The van der Waals surface area contributed by atoms with E-state index in [-0.39, 0.29) is 6.61 Å². The second kappa shape index (κ2) is 9.10. The average Bonchev–Trinajstić information content (AvgIpc) is 2.62. The van der Waals surface area contributed by atoms with Crippen molar-refractivity contribution in [2.75, 3.05) is 32.7 Å². The summed E-state index contributed by atoms with van der Waals surface area (Å²) in [4.78, 5) is 1.91. The third kappa shape index (κ3) is 4.84. The number of nitrogens with zero attached hydrogens (tertiary/aromatic N) is 1. The molecular formula is C18H22N2O3S. The largest absolute Gasteiger partial charge is 0.497 e. The first-order valence-electron chi connectivity index (χ1n) is 7.60. The summed E-state index contributed by atoms with van der Waals surface area (Å²) in [5.74, 6) is 1.35. The Morgan fingerprint density at radius 3 is 2.50 bits per heavy atom. The lowest BCUT2D eigenvalue weighted by Crippen LogP contribution is -2.36. The molecule has 0 unspecified atom stereocenters. The fourth-order valence-corrected chi connectivity index (χ4v) is 2.54. The summed E-state index contributed by atoms with van der Waals surface area (Å²) < 4.78 is 10.6. The quantitative estimate of drug-likeness (QED) is 0.752. The number of aliphatic hydroxyl groups is 1. The third-order valence-corrected chi connectivity index (χ3v) is 3.88. The van der Waals surface area contributed by atoms with E-state index in [0.29, 0.717) is 29.7 Å². The number of nitrogens with one attached hydrogen (secondary N) is 1. The third-order valence-electron chi connectivity index (χ3n) is 3.52. The van der Waals surface area contributed by atoms with Gasteiger partial charge in [-0.05, 0) is 29.9 Å². The van der Waals surface area contributed by atoms with Crippen molar-refractivity contribution in [3.05, 3.63) is 54.1 Å². The smallest absolute Gasteiger partial charge is 0.173 e. The van der Waals surface area contributed by atoms with E-state index in [0.717, 1.165) is 11.3 Å². The lowest BCUT2D eigenvalue weighted by atomic mass is 10.2. The van der Waals surface area contributed by atoms with Gasteiger partial charge in [-0.25, -0.2) is 0 Å². The summed E-state index contributed by atoms with van der Waals surface area (Å²) in [5, 5.41) is 13.0. The Labute approximate surface area is 147 Å². The molecule has 0 aliphatic heterocycles. The molecule has 128 valence electrons. The number of aliphatic hydroxyl groups excluding tert-OH is 1. The molecule has 2 rings (SSSR count). The van der Waals surface area contributed by atoms with E-state index < -0.39 is 0 Å². The van der Waals surface area contributed by atoms with E-state index in [1.807, 2.05) is 47.4 Å². The van der Waals surface area contributed by atoms with E-state index in [2.05, 4.69) is 5.32 Å². The molecule has 0 aromatic heterocycles. The molecule has 0 radical (unpaired) electrons. The van der Waals surface area contributed by atoms with Crippen LogP contribution in [0.25, 0.3) is 0 Å². The number of hydrogen-bond acceptors (Lipinski definition) is 4. The second-order valence-electron chi connectivity index (χ2n) is 5.13. The topological polar surface area (TPSA) is 54.0 Å². The number of benzene rings is 2. The Bertz CT molecular complexity index is 665. The van der Waals surface area contributed by atoms with Gasteiger partial charge in [-0.1, -0.05) is 30.3 Å². The van der Waals surface area contributed by atoms with Crippen molar-refractivity contribution < 1.29 is 14.6 Å². The van der Waals surface area contributed by atoms with Crippen molar-refractivity contribution in [1.29, 1.82) is 0 Å². The number of methoxy groups -OCH3 is 2. The van der Waals surface area contributed by atoms with Crippen molar-refractivity contribution in [3.63, 3.8) is 0 Å². The van der Waals surface area contributed by atoms with Gasteiger partial charge in [0.05, 0.1) is 26.5 Å². The van der Waals surface area contributed by atoms with Gasteiger partial charge in [0.1, 0.15) is 11.5 Å². The molecule has 0 fully saturated rings. The molecular weight excluding hydrogens is 324 g/mol. The molecule has 0 saturated carbocycles. The molecule has 0 bridgehead atoms. The van der Waals surface area contributed by atoms with Crippen molar-refractivity contribution in [2.45, 2.75) is 6.54 Å². The van der Waals surface area contributed by atoms with E-state index in [9.17, 15) is 5.11 Å². The van der Waals surface area contributed by atoms with Gasteiger partial charge in [-0.15, -0.1) is 0 Å². The zero-order chi connectivity index (χ0) is 17.4. The molecule has 0 heterocycles. The highest BCUT2D eigenvalue weighted by atomic mass is 32.1. The van der Waals surface area contributed by atoms with Gasteiger partial charge < -0.3 is 24.8 Å². The van der Waals surface area contributed by atoms with Crippen LogP contribution in [-0.4, -0.2) is 42.5 Å². The van der Waals surface area contributed by atoms with Crippen LogP contribution in [0.4, 0.5) is 5.69 Å². The number of ether oxygens (including phenoxy) is 2. The minimum Gasteiger partial charge on any atom is -0.497 e. The molecule has 24 heavy (non-hydrogen) atoms. The summed E-state index contributed by atoms with van der Waals surface area (Å²) in [6.07, 6.45) is 0. The van der Waals surface area contributed by atoms with Crippen molar-refractivity contribution in [2.24, 2.45) is 0 Å². The molecule has 0 spiro atoms. The highest BCUT2D eigenvalue weighted by Crippen LogP contribution is 2.29. The van der Waals surface area contributed by atoms with Crippen molar-refractivity contribution >= 4 is 23.0 Å². The van der Waals surface area contributed by atoms with Crippen molar-refractivity contribution in [3.8, 4) is 11.5 Å². The van der Waals surface area contributed by atoms with Gasteiger partial charge in [-0.3, -0.25) is 0 Å². The van der Waals surface area contributed by atoms with Gasteiger partial charge >= 0.3 is 0 Å². The maximum absolute atomic E-state index is 9.33. The minimum absolute atomic E-state index is 0.0222. The highest BCUT2D eigenvalue weighted by Gasteiger charge is 2.13. The maximum atomic E-state index is 9.33. The lowest BCUT2D eigenvalue weighted by Gasteiger charge is -2.26. The fourth-order valence-electron chi connectivity index (χ4n) is 2.27. The summed E-state index contributed by atoms with van der Waals surface area (Å²) >= 11 is 5.51. The standard InChI is InChI=1S/C18H22N2O3S/c1-22-15-8-9-16(17(12-15)23-2)19-18(24)20(10-11-21)13-14-6-4-3-5-7-14/h3-9,12,21H,10-11,13H2,1-2H3,(H,19,24). The van der Waals surface area contributed by atoms with Crippen LogP contribution < -0.4 is 14.8 Å². The molecule has 0 aliphatic carbocycles. The average molecular weight is 346 g/mol. The molecule has 5 nitrogen and oxygen atoms in total. The molecule has 6 heteroatoms. The Morgan fingerprint density at radius 1 is 1.12 bits per heavy atom. The predicted molar refractivity (Wildman–Crippen MR) is 99.7 cm³/mol. The number of anilines is 1. The highest BCUT2D eigenvalue weighted by molar-refractivity contribution is 7.80. The Kier molecular flexibility index (Phi) is 6.84. The van der Waals surface area contributed by atoms with Crippen LogP contribution in [0, 0.1) is 0 Å². The van der Waals surface area contributed by atoms with E-state index in [4.69, 9.17) is 21.7 Å². The zero-order valence-electron chi connectivity index (χ0n) is 13.9. The minimum atomic E-state index is 0.0222. The molecule has 2 aromatic carbocycles. The number of rotatable bonds is 7. The maximum Gasteiger partial charge on any atom is 0.173 e. The van der Waals surface area contributed by atoms with Crippen LogP contribution in [-0.2, 0) is 6.54 Å². The van der Waals surface area contributed by atoms with E-state index in [1.54, 1.807) is 20.3 Å². The monoisotopic (exact) mass is 346 g/mol. The van der Waals surface area contributed by atoms with E-state index >= 15 is 0 Å². The number of thiocarbonyl (C=S) groups is 1. The fraction of sp³-hybridized carbons (Fsp3) is 0.278. The van der Waals surface area contributed by atoms with Crippen LogP contribution in [0.5, 0.6) is 11.5 Å². The van der Waals surface area contributed by atoms with Crippen LogP contribution >= 0.6 is 12.2 Å². The van der Waals surface area contributed by atoms with Gasteiger partial charge in [-0.2, -0.15) is 0 Å². The molecule has 0 aliphatic rings. The molecule has 0 amide bonds. The summed E-state index contributed by atoms with van der Waals surface area (Å²) in [5.41, 5.74) is 1.87. The first kappa shape index (κ1) is 18.0. The van der Waals surface area contributed by atoms with Crippen molar-refractivity contribution in [1.82, 2.24) is 4.90 Å². The van der Waals surface area contributed by atoms with Crippen LogP contribution in [0.3, 0.4) is 0 Å². The van der Waals surface area contributed by atoms with Gasteiger partial charge in [0.2, 0.25) is 0 Å². The van der Waals surface area contributed by atoms with Gasteiger partial charge in [0.15, 0.2) is 5.11 Å². The first-order chi connectivity index (χ1) is 11.7.